The van der Waals surface area contributed by atoms with E-state index in [1.54, 1.807) is 4.90 Å². The van der Waals surface area contributed by atoms with Crippen LogP contribution in [-0.2, 0) is 16.1 Å². The first-order valence-corrected chi connectivity index (χ1v) is 12.4. The van der Waals surface area contributed by atoms with Gasteiger partial charge in [-0.15, -0.1) is 11.8 Å². The highest BCUT2D eigenvalue weighted by Gasteiger charge is 2.30. The zero-order chi connectivity index (χ0) is 22.2. The van der Waals surface area contributed by atoms with E-state index < -0.39 is 6.04 Å². The SMILES string of the molecule is CC[C@H](C(=O)NC1CCCC1)N(Cc1ccc(Cl)cc1)C(=O)CSc1ccc(Cl)cc1. The van der Waals surface area contributed by atoms with Crippen molar-refractivity contribution >= 4 is 46.8 Å². The number of hydrogen-bond donors (Lipinski definition) is 1. The van der Waals surface area contributed by atoms with Gasteiger partial charge < -0.3 is 10.2 Å². The lowest BCUT2D eigenvalue weighted by Gasteiger charge is -2.31. The van der Waals surface area contributed by atoms with Crippen LogP contribution in [0.2, 0.25) is 10.0 Å². The van der Waals surface area contributed by atoms with Crippen molar-refractivity contribution in [2.45, 2.75) is 62.6 Å². The van der Waals surface area contributed by atoms with E-state index in [4.69, 9.17) is 23.2 Å². The fourth-order valence-electron chi connectivity index (χ4n) is 3.83. The van der Waals surface area contributed by atoms with Crippen LogP contribution in [0.3, 0.4) is 0 Å². The van der Waals surface area contributed by atoms with Gasteiger partial charge in [0, 0.05) is 27.5 Å². The van der Waals surface area contributed by atoms with E-state index in [1.807, 2.05) is 55.5 Å². The molecule has 31 heavy (non-hydrogen) atoms. The Labute approximate surface area is 198 Å². The predicted octanol–water partition coefficient (Wildman–Crippen LogP) is 5.95. The monoisotopic (exact) mass is 478 g/mol. The van der Waals surface area contributed by atoms with Crippen LogP contribution in [0.1, 0.15) is 44.6 Å². The van der Waals surface area contributed by atoms with E-state index in [-0.39, 0.29) is 23.6 Å². The third kappa shape index (κ3) is 7.16. The minimum Gasteiger partial charge on any atom is -0.352 e. The smallest absolute Gasteiger partial charge is 0.243 e. The Morgan fingerprint density at radius 3 is 2.19 bits per heavy atom. The summed E-state index contributed by atoms with van der Waals surface area (Å²) in [7, 11) is 0. The normalized spacial score (nSPS) is 14.9. The molecule has 0 heterocycles. The topological polar surface area (TPSA) is 49.4 Å². The number of benzene rings is 2. The summed E-state index contributed by atoms with van der Waals surface area (Å²) in [5.74, 6) is 0.124. The molecule has 1 saturated carbocycles. The lowest BCUT2D eigenvalue weighted by molar-refractivity contribution is -0.139. The first kappa shape index (κ1) is 24.0. The molecule has 1 aliphatic carbocycles. The summed E-state index contributed by atoms with van der Waals surface area (Å²) in [6.07, 6.45) is 4.88. The molecule has 1 N–H and O–H groups in total. The maximum absolute atomic E-state index is 13.3. The van der Waals surface area contributed by atoms with Crippen molar-refractivity contribution in [1.82, 2.24) is 10.2 Å². The molecule has 0 bridgehead atoms. The van der Waals surface area contributed by atoms with Gasteiger partial charge in [0.15, 0.2) is 0 Å². The van der Waals surface area contributed by atoms with Gasteiger partial charge in [0.05, 0.1) is 5.75 Å². The van der Waals surface area contributed by atoms with Crippen LogP contribution < -0.4 is 5.32 Å². The van der Waals surface area contributed by atoms with Crippen LogP contribution in [0.25, 0.3) is 0 Å². The number of thioether (sulfide) groups is 1. The maximum Gasteiger partial charge on any atom is 0.243 e. The number of carbonyl (C=O) groups is 2. The standard InChI is InChI=1S/C24H28Cl2N2O2S/c1-2-22(24(30)27-20-5-3-4-6-20)28(15-17-7-9-18(25)10-8-17)23(29)16-31-21-13-11-19(26)12-14-21/h7-14,20,22H,2-6,15-16H2,1H3,(H,27,30)/t22-/m1/s1. The molecule has 166 valence electrons. The first-order chi connectivity index (χ1) is 15.0. The average Bonchev–Trinajstić information content (AvgIpc) is 3.27. The molecule has 3 rings (SSSR count). The van der Waals surface area contributed by atoms with Gasteiger partial charge in [-0.05, 0) is 61.2 Å². The van der Waals surface area contributed by atoms with Crippen molar-refractivity contribution in [3.63, 3.8) is 0 Å². The highest BCUT2D eigenvalue weighted by atomic mass is 35.5. The number of rotatable bonds is 9. The van der Waals surface area contributed by atoms with Gasteiger partial charge in [0.2, 0.25) is 11.8 Å². The van der Waals surface area contributed by atoms with Crippen LogP contribution in [0.5, 0.6) is 0 Å². The van der Waals surface area contributed by atoms with Gasteiger partial charge in [-0.3, -0.25) is 9.59 Å². The maximum atomic E-state index is 13.3. The number of halogens is 2. The van der Waals surface area contributed by atoms with E-state index in [9.17, 15) is 9.59 Å². The summed E-state index contributed by atoms with van der Waals surface area (Å²) in [5, 5.41) is 4.47. The molecule has 4 nitrogen and oxygen atoms in total. The quantitative estimate of drug-likeness (QED) is 0.452. The molecule has 2 aromatic carbocycles. The molecular weight excluding hydrogens is 451 g/mol. The molecule has 1 fully saturated rings. The fourth-order valence-corrected chi connectivity index (χ4v) is 4.87. The Bertz CT molecular complexity index is 868. The van der Waals surface area contributed by atoms with Crippen molar-refractivity contribution in [3.05, 3.63) is 64.1 Å². The zero-order valence-corrected chi connectivity index (χ0v) is 20.0. The Kier molecular flexibility index (Phi) is 9.12. The molecule has 2 amide bonds. The number of amides is 2. The second-order valence-electron chi connectivity index (χ2n) is 7.80. The van der Waals surface area contributed by atoms with Crippen LogP contribution in [0.15, 0.2) is 53.4 Å². The summed E-state index contributed by atoms with van der Waals surface area (Å²) in [4.78, 5) is 29.0. The molecule has 0 spiro atoms. The Balaban J connectivity index is 1.74. The number of carbonyl (C=O) groups excluding carboxylic acids is 2. The lowest BCUT2D eigenvalue weighted by Crippen LogP contribution is -2.51. The Hall–Kier alpha value is -1.69. The van der Waals surface area contributed by atoms with Gasteiger partial charge in [0.1, 0.15) is 6.04 Å². The van der Waals surface area contributed by atoms with Crippen molar-refractivity contribution < 1.29 is 9.59 Å². The molecule has 1 atom stereocenters. The molecule has 0 aliphatic heterocycles. The minimum atomic E-state index is -0.505. The zero-order valence-electron chi connectivity index (χ0n) is 17.7. The Morgan fingerprint density at radius 2 is 1.61 bits per heavy atom. The largest absolute Gasteiger partial charge is 0.352 e. The predicted molar refractivity (Wildman–Crippen MR) is 129 cm³/mol. The second kappa shape index (κ2) is 11.8. The summed E-state index contributed by atoms with van der Waals surface area (Å²) < 4.78 is 0. The molecule has 7 heteroatoms. The summed E-state index contributed by atoms with van der Waals surface area (Å²) >= 11 is 13.4. The van der Waals surface area contributed by atoms with Gasteiger partial charge in [-0.2, -0.15) is 0 Å². The van der Waals surface area contributed by atoms with Crippen molar-refractivity contribution in [3.8, 4) is 0 Å². The number of nitrogens with one attached hydrogen (secondary N) is 1. The lowest BCUT2D eigenvalue weighted by atomic mass is 10.1. The third-order valence-corrected chi connectivity index (χ3v) is 7.03. The van der Waals surface area contributed by atoms with Gasteiger partial charge in [0.25, 0.3) is 0 Å². The summed E-state index contributed by atoms with van der Waals surface area (Å²) in [6, 6.07) is 14.5. The van der Waals surface area contributed by atoms with Gasteiger partial charge >= 0.3 is 0 Å². The van der Waals surface area contributed by atoms with E-state index in [2.05, 4.69) is 5.32 Å². The summed E-state index contributed by atoms with van der Waals surface area (Å²) in [5.41, 5.74) is 0.946. The van der Waals surface area contributed by atoms with E-state index in [1.165, 1.54) is 11.8 Å². The van der Waals surface area contributed by atoms with E-state index in [0.717, 1.165) is 36.1 Å². The molecule has 0 saturated heterocycles. The van der Waals surface area contributed by atoms with Crippen LogP contribution in [0.4, 0.5) is 0 Å². The highest BCUT2D eigenvalue weighted by molar-refractivity contribution is 8.00. The highest BCUT2D eigenvalue weighted by Crippen LogP contribution is 2.23. The van der Waals surface area contributed by atoms with Crippen LogP contribution in [-0.4, -0.2) is 34.6 Å². The average molecular weight is 479 g/mol. The summed E-state index contributed by atoms with van der Waals surface area (Å²) in [6.45, 7) is 2.32. The fraction of sp³-hybridized carbons (Fsp3) is 0.417. The molecule has 1 aliphatic rings. The number of nitrogens with zero attached hydrogens (tertiary/aromatic N) is 1. The molecule has 0 unspecified atom stereocenters. The third-order valence-electron chi connectivity index (χ3n) is 5.53. The van der Waals surface area contributed by atoms with Crippen molar-refractivity contribution in [2.75, 3.05) is 5.75 Å². The molecule has 0 radical (unpaired) electrons. The molecule has 2 aromatic rings. The first-order valence-electron chi connectivity index (χ1n) is 10.7. The van der Waals surface area contributed by atoms with E-state index in [0.29, 0.717) is 23.0 Å². The van der Waals surface area contributed by atoms with E-state index >= 15 is 0 Å². The molecule has 0 aromatic heterocycles. The molecular formula is C24H28Cl2N2O2S. The van der Waals surface area contributed by atoms with Gasteiger partial charge in [-0.25, -0.2) is 0 Å². The Morgan fingerprint density at radius 1 is 1.03 bits per heavy atom. The number of hydrogen-bond acceptors (Lipinski definition) is 3. The van der Waals surface area contributed by atoms with Crippen LogP contribution in [0, 0.1) is 0 Å². The van der Waals surface area contributed by atoms with Crippen LogP contribution >= 0.6 is 35.0 Å². The van der Waals surface area contributed by atoms with Gasteiger partial charge in [-0.1, -0.05) is 55.1 Å². The minimum absolute atomic E-state index is 0.0618. The van der Waals surface area contributed by atoms with Crippen molar-refractivity contribution in [1.29, 1.82) is 0 Å². The second-order valence-corrected chi connectivity index (χ2v) is 9.73. The van der Waals surface area contributed by atoms with Crippen molar-refractivity contribution in [2.24, 2.45) is 0 Å².